The van der Waals surface area contributed by atoms with E-state index in [9.17, 15) is 19.2 Å². The van der Waals surface area contributed by atoms with Crippen molar-refractivity contribution in [2.24, 2.45) is 5.73 Å². The number of ether oxygens (including phenoxy) is 1. The lowest BCUT2D eigenvalue weighted by Gasteiger charge is -2.19. The monoisotopic (exact) mass is 754 g/mol. The number of benzene rings is 3. The molecule has 0 aliphatic carbocycles. The van der Waals surface area contributed by atoms with Gasteiger partial charge in [0.2, 0.25) is 5.91 Å². The molecule has 0 bridgehead atoms. The minimum atomic E-state index is -0.988. The number of anilines is 2. The van der Waals surface area contributed by atoms with E-state index in [2.05, 4.69) is 47.0 Å². The van der Waals surface area contributed by atoms with Gasteiger partial charge < -0.3 is 31.4 Å². The Hall–Kier alpha value is -5.23. The molecule has 0 aliphatic rings. The molecule has 288 valence electrons. The van der Waals surface area contributed by atoms with Crippen molar-refractivity contribution in [3.63, 3.8) is 0 Å². The fraction of sp³-hybridized carbons (Fsp3) is 0.405. The van der Waals surface area contributed by atoms with Gasteiger partial charge in [0, 0.05) is 53.4 Å². The standard InChI is InChI=1S/C42H54N6O5S/c1-42(2,3)31-20-18-29(19-21-31)38(50)48-41(54)47-33-24-22-32(23-25-33)46-37(49)17-11-9-7-5-4-6-8-10-14-26-44-39(51)36(53-40(43)52)27-30-28-45-35-16-13-12-15-34(30)35/h12-13,15-16,18-25,28,36,45H,4-11,14,17,26-27H2,1-3H3,(H2,43,52)(H,44,51)(H,46,49)(H2,47,48,50,54)/t36-/m0/s1. The van der Waals surface area contributed by atoms with Crippen LogP contribution < -0.4 is 27.0 Å². The zero-order valence-corrected chi connectivity index (χ0v) is 32.4. The molecular formula is C42H54N6O5S. The molecule has 3 aromatic carbocycles. The molecule has 0 saturated heterocycles. The summed E-state index contributed by atoms with van der Waals surface area (Å²) < 4.78 is 5.14. The molecule has 12 heteroatoms. The molecule has 7 N–H and O–H groups in total. The molecule has 1 aromatic heterocycles. The number of amides is 4. The minimum Gasteiger partial charge on any atom is -0.436 e. The van der Waals surface area contributed by atoms with Gasteiger partial charge in [-0.05, 0) is 84.1 Å². The summed E-state index contributed by atoms with van der Waals surface area (Å²) in [6.07, 6.45) is 9.78. The summed E-state index contributed by atoms with van der Waals surface area (Å²) in [4.78, 5) is 52.5. The minimum absolute atomic E-state index is 0.00682. The first-order valence-electron chi connectivity index (χ1n) is 18.8. The van der Waals surface area contributed by atoms with Crippen LogP contribution in [0, 0.1) is 0 Å². The van der Waals surface area contributed by atoms with E-state index in [4.69, 9.17) is 22.7 Å². The Labute approximate surface area is 323 Å². The molecule has 0 saturated carbocycles. The van der Waals surface area contributed by atoms with Crippen LogP contribution in [0.2, 0.25) is 0 Å². The van der Waals surface area contributed by atoms with Crippen molar-refractivity contribution in [1.82, 2.24) is 15.6 Å². The number of thiocarbonyl (C=S) groups is 1. The van der Waals surface area contributed by atoms with Crippen LogP contribution in [0.1, 0.15) is 106 Å². The van der Waals surface area contributed by atoms with Crippen molar-refractivity contribution in [3.05, 3.63) is 95.7 Å². The van der Waals surface area contributed by atoms with Crippen molar-refractivity contribution < 1.29 is 23.9 Å². The van der Waals surface area contributed by atoms with Gasteiger partial charge in [0.25, 0.3) is 11.8 Å². The number of para-hydroxylation sites is 1. The van der Waals surface area contributed by atoms with Gasteiger partial charge in [-0.2, -0.15) is 0 Å². The number of hydrogen-bond donors (Lipinski definition) is 6. The van der Waals surface area contributed by atoms with Crippen molar-refractivity contribution in [1.29, 1.82) is 0 Å². The highest BCUT2D eigenvalue weighted by Gasteiger charge is 2.23. The van der Waals surface area contributed by atoms with Crippen molar-refractivity contribution in [3.8, 4) is 0 Å². The zero-order valence-electron chi connectivity index (χ0n) is 31.6. The number of aromatic amines is 1. The fourth-order valence-electron chi connectivity index (χ4n) is 6.12. The third-order valence-corrected chi connectivity index (χ3v) is 9.38. The SMILES string of the molecule is CC(C)(C)c1ccc(C(=O)NC(=S)Nc2ccc(NC(=O)CCCCCCCCCCCNC(=O)[C@H](Cc3c[nH]c4ccccc34)OC(N)=O)cc2)cc1. The fourth-order valence-corrected chi connectivity index (χ4v) is 6.33. The van der Waals surface area contributed by atoms with Gasteiger partial charge in [0.1, 0.15) is 0 Å². The van der Waals surface area contributed by atoms with Gasteiger partial charge in [0.15, 0.2) is 11.2 Å². The van der Waals surface area contributed by atoms with Crippen molar-refractivity contribution in [2.75, 3.05) is 17.2 Å². The molecule has 4 aromatic rings. The average molecular weight is 755 g/mol. The summed E-state index contributed by atoms with van der Waals surface area (Å²) >= 11 is 5.32. The lowest BCUT2D eigenvalue weighted by atomic mass is 9.87. The van der Waals surface area contributed by atoms with Crippen LogP contribution in [-0.4, -0.2) is 46.6 Å². The normalized spacial score (nSPS) is 11.8. The van der Waals surface area contributed by atoms with Crippen LogP contribution in [0.3, 0.4) is 0 Å². The highest BCUT2D eigenvalue weighted by molar-refractivity contribution is 7.80. The molecule has 1 heterocycles. The van der Waals surface area contributed by atoms with E-state index in [1.54, 1.807) is 36.4 Å². The van der Waals surface area contributed by atoms with Gasteiger partial charge in [-0.3, -0.25) is 19.7 Å². The summed E-state index contributed by atoms with van der Waals surface area (Å²) in [7, 11) is 0. The molecule has 0 radical (unpaired) electrons. The molecule has 4 rings (SSSR count). The van der Waals surface area contributed by atoms with Gasteiger partial charge in [-0.15, -0.1) is 0 Å². The second kappa shape index (κ2) is 20.9. The number of nitrogens with one attached hydrogen (secondary N) is 5. The maximum Gasteiger partial charge on any atom is 0.405 e. The summed E-state index contributed by atoms with van der Waals surface area (Å²) in [6.45, 7) is 6.88. The van der Waals surface area contributed by atoms with Crippen LogP contribution in [0.15, 0.2) is 79.0 Å². The second-order valence-electron chi connectivity index (χ2n) is 14.6. The number of hydrogen-bond acceptors (Lipinski definition) is 6. The summed E-state index contributed by atoms with van der Waals surface area (Å²) in [5.74, 6) is -0.648. The van der Waals surface area contributed by atoms with Crippen molar-refractivity contribution >= 4 is 63.4 Å². The van der Waals surface area contributed by atoms with E-state index < -0.39 is 12.2 Å². The quantitative estimate of drug-likeness (QED) is 0.0414. The smallest absolute Gasteiger partial charge is 0.405 e. The largest absolute Gasteiger partial charge is 0.436 e. The molecule has 4 amide bonds. The summed E-state index contributed by atoms with van der Waals surface area (Å²) in [5, 5.41) is 12.7. The number of fused-ring (bicyclic) bond motifs is 1. The van der Waals surface area contributed by atoms with Crippen LogP contribution in [0.5, 0.6) is 0 Å². The average Bonchev–Trinajstić information content (AvgIpc) is 3.54. The van der Waals surface area contributed by atoms with E-state index in [1.807, 2.05) is 42.6 Å². The summed E-state index contributed by atoms with van der Waals surface area (Å²) in [6, 6.07) is 22.4. The first kappa shape index (κ1) is 41.5. The third-order valence-electron chi connectivity index (χ3n) is 9.18. The Morgan fingerprint density at radius 2 is 1.37 bits per heavy atom. The summed E-state index contributed by atoms with van der Waals surface area (Å²) in [5.41, 5.74) is 10.2. The first-order chi connectivity index (χ1) is 25.9. The first-order valence-corrected chi connectivity index (χ1v) is 19.2. The van der Waals surface area contributed by atoms with E-state index in [1.165, 1.54) is 0 Å². The number of carbonyl (C=O) groups is 4. The van der Waals surface area contributed by atoms with E-state index in [0.717, 1.165) is 79.8 Å². The Morgan fingerprint density at radius 3 is 2.00 bits per heavy atom. The lowest BCUT2D eigenvalue weighted by molar-refractivity contribution is -0.129. The number of unbranched alkanes of at least 4 members (excludes halogenated alkanes) is 8. The number of nitrogens with two attached hydrogens (primary N) is 1. The Morgan fingerprint density at radius 1 is 0.778 bits per heavy atom. The predicted molar refractivity (Wildman–Crippen MR) is 220 cm³/mol. The van der Waals surface area contributed by atoms with E-state index >= 15 is 0 Å². The zero-order chi connectivity index (χ0) is 38.9. The lowest BCUT2D eigenvalue weighted by Crippen LogP contribution is -2.40. The van der Waals surface area contributed by atoms with E-state index in [0.29, 0.717) is 29.9 Å². The number of rotatable bonds is 19. The number of carbonyl (C=O) groups excluding carboxylic acids is 4. The molecule has 0 spiro atoms. The Balaban J connectivity index is 1.00. The molecule has 0 aliphatic heterocycles. The number of primary amides is 1. The molecule has 0 unspecified atom stereocenters. The molecular weight excluding hydrogens is 701 g/mol. The number of aromatic nitrogens is 1. The maximum absolute atomic E-state index is 12.8. The number of H-pyrrole nitrogens is 1. The second-order valence-corrected chi connectivity index (χ2v) is 15.0. The van der Waals surface area contributed by atoms with Gasteiger partial charge in [0.05, 0.1) is 0 Å². The van der Waals surface area contributed by atoms with Crippen LogP contribution in [0.25, 0.3) is 10.9 Å². The maximum atomic E-state index is 12.8. The molecule has 54 heavy (non-hydrogen) atoms. The highest BCUT2D eigenvalue weighted by atomic mass is 32.1. The molecule has 11 nitrogen and oxygen atoms in total. The highest BCUT2D eigenvalue weighted by Crippen LogP contribution is 2.23. The van der Waals surface area contributed by atoms with E-state index in [-0.39, 0.29) is 34.7 Å². The Bertz CT molecular complexity index is 1850. The third kappa shape index (κ3) is 14.0. The topological polar surface area (TPSA) is 167 Å². The molecule has 0 fully saturated rings. The Kier molecular flexibility index (Phi) is 16.0. The van der Waals surface area contributed by atoms with Crippen LogP contribution in [0.4, 0.5) is 16.2 Å². The van der Waals surface area contributed by atoms with Crippen LogP contribution >= 0.6 is 12.2 Å². The molecule has 1 atom stereocenters. The van der Waals surface area contributed by atoms with Gasteiger partial charge in [-0.25, -0.2) is 4.79 Å². The van der Waals surface area contributed by atoms with Crippen LogP contribution in [-0.2, 0) is 26.2 Å². The van der Waals surface area contributed by atoms with Crippen molar-refractivity contribution in [2.45, 2.75) is 103 Å². The van der Waals surface area contributed by atoms with Gasteiger partial charge >= 0.3 is 6.09 Å². The predicted octanol–water partition coefficient (Wildman–Crippen LogP) is 8.25. The van der Waals surface area contributed by atoms with Gasteiger partial charge in [-0.1, -0.05) is 96.0 Å².